The van der Waals surface area contributed by atoms with Gasteiger partial charge in [0.05, 0.1) is 18.6 Å². The Balaban J connectivity index is 2.11. The Morgan fingerprint density at radius 1 is 1.40 bits per heavy atom. The molecule has 0 spiro atoms. The molecule has 1 unspecified atom stereocenters. The average Bonchev–Trinajstić information content (AvgIpc) is 2.85. The summed E-state index contributed by atoms with van der Waals surface area (Å²) in [6, 6.07) is 5.58. The van der Waals surface area contributed by atoms with Crippen molar-refractivity contribution in [2.45, 2.75) is 12.5 Å². The maximum absolute atomic E-state index is 5.47. The molecule has 0 saturated carbocycles. The molecule has 2 aromatic rings. The Morgan fingerprint density at radius 3 is 2.80 bits per heavy atom. The number of furan rings is 2. The summed E-state index contributed by atoms with van der Waals surface area (Å²) in [5.74, 6) is 6.27. The first-order chi connectivity index (χ1) is 7.29. The standard InChI is InChI=1S/C10H11BrN2O2/c11-10-2-1-9(15-10)8(13-12)5-7-3-4-14-6-7/h1-4,6,8,13H,5,12H2. The van der Waals surface area contributed by atoms with Gasteiger partial charge in [-0.1, -0.05) is 0 Å². The van der Waals surface area contributed by atoms with E-state index in [0.717, 1.165) is 17.7 Å². The Kier molecular flexibility index (Phi) is 3.25. The van der Waals surface area contributed by atoms with Gasteiger partial charge >= 0.3 is 0 Å². The molecule has 0 amide bonds. The molecule has 80 valence electrons. The molecule has 0 fully saturated rings. The number of halogens is 1. The summed E-state index contributed by atoms with van der Waals surface area (Å²) in [5, 5.41) is 0. The molecule has 0 aliphatic rings. The van der Waals surface area contributed by atoms with Crippen molar-refractivity contribution in [3.05, 3.63) is 46.7 Å². The zero-order valence-electron chi connectivity index (χ0n) is 7.94. The minimum absolute atomic E-state index is 0.0473. The molecule has 2 rings (SSSR count). The lowest BCUT2D eigenvalue weighted by Crippen LogP contribution is -2.29. The third-order valence-electron chi connectivity index (χ3n) is 2.16. The van der Waals surface area contributed by atoms with Crippen LogP contribution in [0.2, 0.25) is 0 Å². The summed E-state index contributed by atoms with van der Waals surface area (Å²) < 4.78 is 11.1. The van der Waals surface area contributed by atoms with Crippen LogP contribution in [0.1, 0.15) is 17.4 Å². The molecule has 2 aromatic heterocycles. The first-order valence-electron chi connectivity index (χ1n) is 4.52. The minimum atomic E-state index is -0.0473. The van der Waals surface area contributed by atoms with Crippen molar-refractivity contribution >= 4 is 15.9 Å². The van der Waals surface area contributed by atoms with E-state index < -0.39 is 0 Å². The molecular formula is C10H11BrN2O2. The van der Waals surface area contributed by atoms with Crippen molar-refractivity contribution in [3.8, 4) is 0 Å². The lowest BCUT2D eigenvalue weighted by atomic mass is 10.1. The molecule has 15 heavy (non-hydrogen) atoms. The fourth-order valence-corrected chi connectivity index (χ4v) is 1.72. The molecule has 0 aliphatic carbocycles. The van der Waals surface area contributed by atoms with Gasteiger partial charge in [0.1, 0.15) is 5.76 Å². The predicted octanol–water partition coefficient (Wildman–Crippen LogP) is 2.38. The van der Waals surface area contributed by atoms with E-state index in [-0.39, 0.29) is 6.04 Å². The highest BCUT2D eigenvalue weighted by Gasteiger charge is 2.14. The Morgan fingerprint density at radius 2 is 2.27 bits per heavy atom. The van der Waals surface area contributed by atoms with Gasteiger partial charge in [0.15, 0.2) is 4.67 Å². The smallest absolute Gasteiger partial charge is 0.169 e. The summed E-state index contributed by atoms with van der Waals surface area (Å²) in [6.07, 6.45) is 4.07. The van der Waals surface area contributed by atoms with Crippen LogP contribution in [0.25, 0.3) is 0 Å². The first-order valence-corrected chi connectivity index (χ1v) is 5.31. The van der Waals surface area contributed by atoms with E-state index in [0.29, 0.717) is 4.67 Å². The van der Waals surface area contributed by atoms with Crippen LogP contribution in [-0.4, -0.2) is 0 Å². The normalized spacial score (nSPS) is 12.9. The zero-order valence-corrected chi connectivity index (χ0v) is 9.53. The highest BCUT2D eigenvalue weighted by molar-refractivity contribution is 9.10. The topological polar surface area (TPSA) is 64.3 Å². The number of hydrogen-bond acceptors (Lipinski definition) is 4. The molecule has 0 aliphatic heterocycles. The van der Waals surface area contributed by atoms with Gasteiger partial charge in [-0.15, -0.1) is 0 Å². The Labute approximate surface area is 95.5 Å². The molecule has 0 radical (unpaired) electrons. The van der Waals surface area contributed by atoms with Gasteiger partial charge in [-0.05, 0) is 46.1 Å². The third kappa shape index (κ3) is 2.50. The number of hydrogen-bond donors (Lipinski definition) is 2. The van der Waals surface area contributed by atoms with Crippen molar-refractivity contribution in [1.82, 2.24) is 5.43 Å². The van der Waals surface area contributed by atoms with E-state index in [4.69, 9.17) is 14.7 Å². The summed E-state index contributed by atoms with van der Waals surface area (Å²) in [5.41, 5.74) is 3.79. The Hall–Kier alpha value is -1.04. The quantitative estimate of drug-likeness (QED) is 0.662. The molecular weight excluding hydrogens is 260 g/mol. The lowest BCUT2D eigenvalue weighted by Gasteiger charge is -2.11. The number of nitrogens with two attached hydrogens (primary N) is 1. The highest BCUT2D eigenvalue weighted by Crippen LogP contribution is 2.22. The van der Waals surface area contributed by atoms with Crippen LogP contribution in [0, 0.1) is 0 Å². The monoisotopic (exact) mass is 270 g/mol. The number of rotatable bonds is 4. The van der Waals surface area contributed by atoms with Crippen LogP contribution in [0.5, 0.6) is 0 Å². The van der Waals surface area contributed by atoms with Crippen LogP contribution < -0.4 is 11.3 Å². The molecule has 1 atom stereocenters. The van der Waals surface area contributed by atoms with Crippen molar-refractivity contribution in [2.24, 2.45) is 5.84 Å². The van der Waals surface area contributed by atoms with Gasteiger partial charge in [-0.3, -0.25) is 5.84 Å². The van der Waals surface area contributed by atoms with Gasteiger partial charge in [0.25, 0.3) is 0 Å². The molecule has 3 N–H and O–H groups in total. The van der Waals surface area contributed by atoms with Gasteiger partial charge < -0.3 is 8.83 Å². The lowest BCUT2D eigenvalue weighted by molar-refractivity contribution is 0.404. The van der Waals surface area contributed by atoms with Crippen LogP contribution in [0.3, 0.4) is 0 Å². The molecule has 0 aromatic carbocycles. The van der Waals surface area contributed by atoms with Crippen LogP contribution in [0.4, 0.5) is 0 Å². The van der Waals surface area contributed by atoms with Gasteiger partial charge in [0.2, 0.25) is 0 Å². The number of nitrogens with one attached hydrogen (secondary N) is 1. The van der Waals surface area contributed by atoms with Crippen molar-refractivity contribution < 1.29 is 8.83 Å². The van der Waals surface area contributed by atoms with Crippen molar-refractivity contribution in [3.63, 3.8) is 0 Å². The van der Waals surface area contributed by atoms with Gasteiger partial charge in [-0.25, -0.2) is 5.43 Å². The largest absolute Gasteiger partial charge is 0.472 e. The third-order valence-corrected chi connectivity index (χ3v) is 2.58. The summed E-state index contributed by atoms with van der Waals surface area (Å²) in [6.45, 7) is 0. The highest BCUT2D eigenvalue weighted by atomic mass is 79.9. The molecule has 4 nitrogen and oxygen atoms in total. The fraction of sp³-hybridized carbons (Fsp3) is 0.200. The van der Waals surface area contributed by atoms with Crippen molar-refractivity contribution in [1.29, 1.82) is 0 Å². The minimum Gasteiger partial charge on any atom is -0.472 e. The average molecular weight is 271 g/mol. The zero-order chi connectivity index (χ0) is 10.7. The van der Waals surface area contributed by atoms with E-state index in [1.165, 1.54) is 0 Å². The summed E-state index contributed by atoms with van der Waals surface area (Å²) in [7, 11) is 0. The summed E-state index contributed by atoms with van der Waals surface area (Å²) >= 11 is 3.25. The molecule has 5 heteroatoms. The van der Waals surface area contributed by atoms with Gasteiger partial charge in [0, 0.05) is 0 Å². The van der Waals surface area contributed by atoms with E-state index in [9.17, 15) is 0 Å². The van der Waals surface area contributed by atoms with Crippen LogP contribution in [0.15, 0.2) is 44.2 Å². The second-order valence-electron chi connectivity index (χ2n) is 3.20. The summed E-state index contributed by atoms with van der Waals surface area (Å²) in [4.78, 5) is 0. The molecule has 2 heterocycles. The second-order valence-corrected chi connectivity index (χ2v) is 3.98. The predicted molar refractivity (Wildman–Crippen MR) is 58.9 cm³/mol. The Bertz CT molecular complexity index is 411. The van der Waals surface area contributed by atoms with E-state index in [1.54, 1.807) is 12.5 Å². The first kappa shape index (κ1) is 10.5. The molecule has 0 saturated heterocycles. The maximum Gasteiger partial charge on any atom is 0.169 e. The number of hydrazine groups is 1. The van der Waals surface area contributed by atoms with E-state index in [1.807, 2.05) is 18.2 Å². The van der Waals surface area contributed by atoms with E-state index in [2.05, 4.69) is 21.4 Å². The fourth-order valence-electron chi connectivity index (χ4n) is 1.40. The van der Waals surface area contributed by atoms with Crippen LogP contribution >= 0.6 is 15.9 Å². The maximum atomic E-state index is 5.47. The van der Waals surface area contributed by atoms with Gasteiger partial charge in [-0.2, -0.15) is 0 Å². The SMILES string of the molecule is NNC(Cc1ccoc1)c1ccc(Br)o1. The van der Waals surface area contributed by atoms with E-state index >= 15 is 0 Å². The molecule has 0 bridgehead atoms. The van der Waals surface area contributed by atoms with Crippen LogP contribution in [-0.2, 0) is 6.42 Å². The second kappa shape index (κ2) is 4.65. The van der Waals surface area contributed by atoms with Crippen molar-refractivity contribution in [2.75, 3.05) is 0 Å².